The molecule has 1 rings (SSSR count). The van der Waals surface area contributed by atoms with Crippen LogP contribution in [0.15, 0.2) is 18.2 Å². The van der Waals surface area contributed by atoms with E-state index in [0.717, 1.165) is 25.3 Å². The van der Waals surface area contributed by atoms with Crippen LogP contribution in [0.4, 0.5) is 5.69 Å². The zero-order valence-electron chi connectivity index (χ0n) is 11.2. The van der Waals surface area contributed by atoms with E-state index in [2.05, 4.69) is 37.1 Å². The number of hydrogen-bond acceptors (Lipinski definition) is 3. The SMILES string of the molecule is CCN(CC)CC(C)Nc1ccc(Cl)cc1C#N. The van der Waals surface area contributed by atoms with Gasteiger partial charge in [0.05, 0.1) is 11.3 Å². The van der Waals surface area contributed by atoms with Gasteiger partial charge in [-0.2, -0.15) is 5.26 Å². The van der Waals surface area contributed by atoms with Gasteiger partial charge in [-0.1, -0.05) is 25.4 Å². The van der Waals surface area contributed by atoms with Gasteiger partial charge in [0.1, 0.15) is 6.07 Å². The maximum Gasteiger partial charge on any atom is 0.101 e. The van der Waals surface area contributed by atoms with Crippen LogP contribution >= 0.6 is 11.6 Å². The molecule has 1 atom stereocenters. The monoisotopic (exact) mass is 265 g/mol. The topological polar surface area (TPSA) is 39.1 Å². The van der Waals surface area contributed by atoms with Gasteiger partial charge in [-0.25, -0.2) is 0 Å². The van der Waals surface area contributed by atoms with Gasteiger partial charge in [-0.15, -0.1) is 0 Å². The molecule has 4 heteroatoms. The third-order valence-electron chi connectivity index (χ3n) is 2.93. The van der Waals surface area contributed by atoms with E-state index in [-0.39, 0.29) is 6.04 Å². The van der Waals surface area contributed by atoms with Gasteiger partial charge in [0.2, 0.25) is 0 Å². The van der Waals surface area contributed by atoms with E-state index in [1.807, 2.05) is 6.07 Å². The molecule has 1 unspecified atom stereocenters. The zero-order valence-corrected chi connectivity index (χ0v) is 12.0. The van der Waals surface area contributed by atoms with E-state index in [1.54, 1.807) is 12.1 Å². The smallest absolute Gasteiger partial charge is 0.101 e. The second-order valence-electron chi connectivity index (χ2n) is 4.33. The average Bonchev–Trinajstić information content (AvgIpc) is 2.38. The summed E-state index contributed by atoms with van der Waals surface area (Å²) in [4.78, 5) is 2.35. The van der Waals surface area contributed by atoms with E-state index in [9.17, 15) is 0 Å². The lowest BCUT2D eigenvalue weighted by Gasteiger charge is -2.24. The highest BCUT2D eigenvalue weighted by molar-refractivity contribution is 6.30. The van der Waals surface area contributed by atoms with Crippen molar-refractivity contribution in [3.63, 3.8) is 0 Å². The Kier molecular flexibility index (Phi) is 5.97. The molecule has 0 aliphatic carbocycles. The Morgan fingerprint density at radius 1 is 1.39 bits per heavy atom. The molecule has 0 spiro atoms. The minimum atomic E-state index is 0.290. The van der Waals surface area contributed by atoms with E-state index in [0.29, 0.717) is 10.6 Å². The molecule has 0 fully saturated rings. The maximum absolute atomic E-state index is 9.07. The second kappa shape index (κ2) is 7.25. The summed E-state index contributed by atoms with van der Waals surface area (Å²) < 4.78 is 0. The minimum absolute atomic E-state index is 0.290. The van der Waals surface area contributed by atoms with E-state index < -0.39 is 0 Å². The highest BCUT2D eigenvalue weighted by Gasteiger charge is 2.09. The Labute approximate surface area is 114 Å². The van der Waals surface area contributed by atoms with Crippen LogP contribution in [-0.2, 0) is 0 Å². The standard InChI is InChI=1S/C14H20ClN3/c1-4-18(5-2)10-11(3)17-14-7-6-13(15)8-12(14)9-16/h6-8,11,17H,4-5,10H2,1-3H3. The van der Waals surface area contributed by atoms with Crippen molar-refractivity contribution in [2.75, 3.05) is 25.0 Å². The second-order valence-corrected chi connectivity index (χ2v) is 4.77. The molecule has 0 aromatic heterocycles. The first-order valence-electron chi connectivity index (χ1n) is 6.29. The number of likely N-dealkylation sites (N-methyl/N-ethyl adjacent to an activating group) is 1. The first-order chi connectivity index (χ1) is 8.60. The quantitative estimate of drug-likeness (QED) is 0.857. The lowest BCUT2D eigenvalue weighted by molar-refractivity contribution is 0.295. The Morgan fingerprint density at radius 2 is 2.06 bits per heavy atom. The zero-order chi connectivity index (χ0) is 13.5. The third kappa shape index (κ3) is 4.21. The molecular weight excluding hydrogens is 246 g/mol. The van der Waals surface area contributed by atoms with Crippen LogP contribution in [0.1, 0.15) is 26.3 Å². The van der Waals surface area contributed by atoms with Gasteiger partial charge in [-0.3, -0.25) is 0 Å². The number of benzene rings is 1. The lowest BCUT2D eigenvalue weighted by atomic mass is 10.1. The van der Waals surface area contributed by atoms with Gasteiger partial charge in [-0.05, 0) is 38.2 Å². The summed E-state index contributed by atoms with van der Waals surface area (Å²) in [5.74, 6) is 0. The molecule has 3 nitrogen and oxygen atoms in total. The van der Waals surface area contributed by atoms with Crippen molar-refractivity contribution >= 4 is 17.3 Å². The number of halogens is 1. The van der Waals surface area contributed by atoms with Crippen molar-refractivity contribution < 1.29 is 0 Å². The summed E-state index contributed by atoms with van der Waals surface area (Å²) in [6.45, 7) is 9.45. The van der Waals surface area contributed by atoms with Gasteiger partial charge < -0.3 is 10.2 Å². The third-order valence-corrected chi connectivity index (χ3v) is 3.17. The number of anilines is 1. The average molecular weight is 266 g/mol. The summed E-state index contributed by atoms with van der Waals surface area (Å²) >= 11 is 5.87. The molecule has 1 aromatic carbocycles. The van der Waals surface area contributed by atoms with Gasteiger partial charge in [0.15, 0.2) is 0 Å². The van der Waals surface area contributed by atoms with Gasteiger partial charge >= 0.3 is 0 Å². The molecule has 0 saturated carbocycles. The van der Waals surface area contributed by atoms with Crippen molar-refractivity contribution in [1.82, 2.24) is 4.90 Å². The number of nitrogens with one attached hydrogen (secondary N) is 1. The van der Waals surface area contributed by atoms with Crippen LogP contribution in [0.2, 0.25) is 5.02 Å². The highest BCUT2D eigenvalue weighted by atomic mass is 35.5. The number of nitrogens with zero attached hydrogens (tertiary/aromatic N) is 2. The fourth-order valence-electron chi connectivity index (χ4n) is 1.92. The Hall–Kier alpha value is -1.24. The summed E-state index contributed by atoms with van der Waals surface area (Å²) in [7, 11) is 0. The molecule has 0 radical (unpaired) electrons. The summed E-state index contributed by atoms with van der Waals surface area (Å²) in [5, 5.41) is 13.0. The lowest BCUT2D eigenvalue weighted by Crippen LogP contribution is -2.34. The van der Waals surface area contributed by atoms with Gasteiger partial charge in [0, 0.05) is 17.6 Å². The van der Waals surface area contributed by atoms with Crippen LogP contribution in [0.3, 0.4) is 0 Å². The molecule has 0 bridgehead atoms. The molecule has 1 N–H and O–H groups in total. The summed E-state index contributed by atoms with van der Waals surface area (Å²) in [5.41, 5.74) is 1.44. The summed E-state index contributed by atoms with van der Waals surface area (Å²) in [6.07, 6.45) is 0. The van der Waals surface area contributed by atoms with Crippen molar-refractivity contribution in [3.8, 4) is 6.07 Å². The molecule has 1 aromatic rings. The summed E-state index contributed by atoms with van der Waals surface area (Å²) in [6, 6.07) is 7.80. The first kappa shape index (κ1) is 14.8. The molecule has 0 amide bonds. The van der Waals surface area contributed by atoms with Crippen LogP contribution in [0.5, 0.6) is 0 Å². The predicted octanol–water partition coefficient (Wildman–Crippen LogP) is 3.35. The number of rotatable bonds is 6. The molecule has 98 valence electrons. The Balaban J connectivity index is 2.70. The fourth-order valence-corrected chi connectivity index (χ4v) is 2.09. The van der Waals surface area contributed by atoms with Crippen LogP contribution < -0.4 is 5.32 Å². The number of nitriles is 1. The van der Waals surface area contributed by atoms with E-state index in [4.69, 9.17) is 16.9 Å². The van der Waals surface area contributed by atoms with Crippen molar-refractivity contribution in [2.24, 2.45) is 0 Å². The first-order valence-corrected chi connectivity index (χ1v) is 6.67. The highest BCUT2D eigenvalue weighted by Crippen LogP contribution is 2.20. The van der Waals surface area contributed by atoms with Crippen molar-refractivity contribution in [1.29, 1.82) is 5.26 Å². The molecule has 18 heavy (non-hydrogen) atoms. The fraction of sp³-hybridized carbons (Fsp3) is 0.500. The largest absolute Gasteiger partial charge is 0.380 e. The van der Waals surface area contributed by atoms with Crippen LogP contribution in [0.25, 0.3) is 0 Å². The maximum atomic E-state index is 9.07. The molecule has 0 aliphatic rings. The molecule has 0 heterocycles. The Morgan fingerprint density at radius 3 is 2.61 bits per heavy atom. The normalized spacial score (nSPS) is 12.2. The number of hydrogen-bond donors (Lipinski definition) is 1. The molecule has 0 aliphatic heterocycles. The van der Waals surface area contributed by atoms with Gasteiger partial charge in [0.25, 0.3) is 0 Å². The van der Waals surface area contributed by atoms with Crippen LogP contribution in [-0.4, -0.2) is 30.6 Å². The Bertz CT molecular complexity index is 422. The van der Waals surface area contributed by atoms with E-state index >= 15 is 0 Å². The molecular formula is C14H20ClN3. The minimum Gasteiger partial charge on any atom is -0.380 e. The predicted molar refractivity (Wildman–Crippen MR) is 77.0 cm³/mol. The van der Waals surface area contributed by atoms with Crippen molar-refractivity contribution in [2.45, 2.75) is 26.8 Å². The molecule has 0 saturated heterocycles. The van der Waals surface area contributed by atoms with Crippen molar-refractivity contribution in [3.05, 3.63) is 28.8 Å². The van der Waals surface area contributed by atoms with Crippen LogP contribution in [0, 0.1) is 11.3 Å². The van der Waals surface area contributed by atoms with E-state index in [1.165, 1.54) is 0 Å².